The largest absolute Gasteiger partial charge is 0.437 e. The Morgan fingerprint density at radius 1 is 1.35 bits per heavy atom. The Hall–Kier alpha value is -2.02. The first-order valence-corrected chi connectivity index (χ1v) is 6.64. The van der Waals surface area contributed by atoms with Crippen LogP contribution in [0, 0.1) is 5.82 Å². The second-order valence-corrected chi connectivity index (χ2v) is 4.65. The number of hydrogen-bond donors (Lipinski definition) is 1. The Labute approximate surface area is 123 Å². The maximum absolute atomic E-state index is 13.3. The highest BCUT2D eigenvalue weighted by Gasteiger charge is 2.08. The maximum atomic E-state index is 13.3. The number of carbonyl (C=O) groups excluding carboxylic acids is 1. The summed E-state index contributed by atoms with van der Waals surface area (Å²) in [5.41, 5.74) is 0.196. The van der Waals surface area contributed by atoms with E-state index in [1.54, 1.807) is 6.07 Å². The van der Waals surface area contributed by atoms with Crippen molar-refractivity contribution in [3.63, 3.8) is 0 Å². The van der Waals surface area contributed by atoms with E-state index in [1.807, 2.05) is 6.92 Å². The number of aromatic nitrogens is 2. The number of halogens is 2. The minimum absolute atomic E-state index is 0.180. The van der Waals surface area contributed by atoms with E-state index in [2.05, 4.69) is 31.4 Å². The third-order valence-corrected chi connectivity index (χ3v) is 2.97. The van der Waals surface area contributed by atoms with Gasteiger partial charge in [0.2, 0.25) is 5.88 Å². The standard InChI is InChI=1S/C13H11BrFN3O2/c1-2-16-13(19)11-5-6-12(18-17-11)20-8-3-4-9(14)10(15)7-8/h3-7H,2H2,1H3,(H,16,19). The Kier molecular flexibility index (Phi) is 4.62. The minimum Gasteiger partial charge on any atom is -0.437 e. The molecule has 1 heterocycles. The summed E-state index contributed by atoms with van der Waals surface area (Å²) in [7, 11) is 0. The van der Waals surface area contributed by atoms with E-state index < -0.39 is 5.82 Å². The van der Waals surface area contributed by atoms with Crippen LogP contribution in [0.25, 0.3) is 0 Å². The van der Waals surface area contributed by atoms with Gasteiger partial charge in [0.25, 0.3) is 5.91 Å². The molecule has 2 rings (SSSR count). The first-order chi connectivity index (χ1) is 9.60. The van der Waals surface area contributed by atoms with Crippen molar-refractivity contribution in [1.29, 1.82) is 0 Å². The number of amides is 1. The molecule has 0 spiro atoms. The average Bonchev–Trinajstić information content (AvgIpc) is 2.44. The molecule has 1 N–H and O–H groups in total. The van der Waals surface area contributed by atoms with Gasteiger partial charge in [-0.05, 0) is 41.1 Å². The fourth-order valence-electron chi connectivity index (χ4n) is 1.41. The molecule has 0 saturated carbocycles. The second-order valence-electron chi connectivity index (χ2n) is 3.79. The first-order valence-electron chi connectivity index (χ1n) is 5.85. The van der Waals surface area contributed by atoms with Crippen molar-refractivity contribution in [2.45, 2.75) is 6.92 Å². The van der Waals surface area contributed by atoms with Crippen molar-refractivity contribution in [3.05, 3.63) is 46.3 Å². The quantitative estimate of drug-likeness (QED) is 0.930. The highest BCUT2D eigenvalue weighted by Crippen LogP contribution is 2.24. The smallest absolute Gasteiger partial charge is 0.271 e. The monoisotopic (exact) mass is 339 g/mol. The topological polar surface area (TPSA) is 64.1 Å². The molecule has 1 aromatic carbocycles. The number of nitrogens with zero attached hydrogens (tertiary/aromatic N) is 2. The summed E-state index contributed by atoms with van der Waals surface area (Å²) in [6, 6.07) is 7.33. The third-order valence-electron chi connectivity index (χ3n) is 2.32. The van der Waals surface area contributed by atoms with Gasteiger partial charge in [-0.1, -0.05) is 0 Å². The van der Waals surface area contributed by atoms with E-state index in [-0.39, 0.29) is 17.5 Å². The van der Waals surface area contributed by atoms with Gasteiger partial charge in [-0.15, -0.1) is 10.2 Å². The van der Waals surface area contributed by atoms with Gasteiger partial charge in [0.05, 0.1) is 4.47 Å². The van der Waals surface area contributed by atoms with Gasteiger partial charge in [-0.25, -0.2) is 4.39 Å². The molecule has 1 aromatic heterocycles. The van der Waals surface area contributed by atoms with E-state index in [9.17, 15) is 9.18 Å². The second kappa shape index (κ2) is 6.42. The molecule has 0 unspecified atom stereocenters. The van der Waals surface area contributed by atoms with Gasteiger partial charge in [0.15, 0.2) is 5.69 Å². The molecule has 7 heteroatoms. The molecular formula is C13H11BrFN3O2. The van der Waals surface area contributed by atoms with Crippen LogP contribution in [0.5, 0.6) is 11.6 Å². The summed E-state index contributed by atoms with van der Waals surface area (Å²) in [5, 5.41) is 10.1. The summed E-state index contributed by atoms with van der Waals surface area (Å²) in [4.78, 5) is 11.5. The Bertz CT molecular complexity index is 620. The van der Waals surface area contributed by atoms with Crippen LogP contribution < -0.4 is 10.1 Å². The molecule has 0 atom stereocenters. The summed E-state index contributed by atoms with van der Waals surface area (Å²) < 4.78 is 19.0. The van der Waals surface area contributed by atoms with Crippen LogP contribution in [0.2, 0.25) is 0 Å². The number of nitrogens with one attached hydrogen (secondary N) is 1. The summed E-state index contributed by atoms with van der Waals surface area (Å²) in [6.07, 6.45) is 0. The van der Waals surface area contributed by atoms with Crippen molar-refractivity contribution in [1.82, 2.24) is 15.5 Å². The first kappa shape index (κ1) is 14.4. The molecule has 104 valence electrons. The molecule has 0 bridgehead atoms. The van der Waals surface area contributed by atoms with E-state index in [4.69, 9.17) is 4.74 Å². The van der Waals surface area contributed by atoms with Crippen molar-refractivity contribution < 1.29 is 13.9 Å². The molecule has 0 fully saturated rings. The Balaban J connectivity index is 2.10. The molecule has 5 nitrogen and oxygen atoms in total. The van der Waals surface area contributed by atoms with Crippen LogP contribution in [-0.2, 0) is 0 Å². The molecule has 2 aromatic rings. The molecule has 0 aliphatic carbocycles. The summed E-state index contributed by atoms with van der Waals surface area (Å²) >= 11 is 3.05. The van der Waals surface area contributed by atoms with Gasteiger partial charge in [-0.2, -0.15) is 0 Å². The molecule has 0 radical (unpaired) electrons. The van der Waals surface area contributed by atoms with Gasteiger partial charge < -0.3 is 10.1 Å². The Morgan fingerprint density at radius 3 is 2.75 bits per heavy atom. The fourth-order valence-corrected chi connectivity index (χ4v) is 1.65. The molecule has 20 heavy (non-hydrogen) atoms. The van der Waals surface area contributed by atoms with E-state index >= 15 is 0 Å². The number of rotatable bonds is 4. The van der Waals surface area contributed by atoms with Crippen molar-refractivity contribution in [2.75, 3.05) is 6.54 Å². The molecular weight excluding hydrogens is 329 g/mol. The lowest BCUT2D eigenvalue weighted by Crippen LogP contribution is -2.23. The van der Waals surface area contributed by atoms with Gasteiger partial charge >= 0.3 is 0 Å². The minimum atomic E-state index is -0.436. The third kappa shape index (κ3) is 3.51. The molecule has 0 saturated heterocycles. The predicted molar refractivity (Wildman–Crippen MR) is 74.2 cm³/mol. The number of ether oxygens (including phenoxy) is 1. The van der Waals surface area contributed by atoms with Crippen molar-refractivity contribution >= 4 is 21.8 Å². The number of carbonyl (C=O) groups is 1. The zero-order valence-corrected chi connectivity index (χ0v) is 12.1. The fraction of sp³-hybridized carbons (Fsp3) is 0.154. The normalized spacial score (nSPS) is 10.2. The zero-order valence-electron chi connectivity index (χ0n) is 10.6. The number of hydrogen-bond acceptors (Lipinski definition) is 4. The van der Waals surface area contributed by atoms with Gasteiger partial charge in [0, 0.05) is 18.7 Å². The lowest BCUT2D eigenvalue weighted by Gasteiger charge is -2.05. The van der Waals surface area contributed by atoms with Crippen molar-refractivity contribution in [2.24, 2.45) is 0 Å². The molecule has 1 amide bonds. The Morgan fingerprint density at radius 2 is 2.15 bits per heavy atom. The lowest BCUT2D eigenvalue weighted by molar-refractivity contribution is 0.0949. The number of benzene rings is 1. The summed E-state index contributed by atoms with van der Waals surface area (Å²) in [5.74, 6) is -0.263. The van der Waals surface area contributed by atoms with E-state index in [0.717, 1.165) is 0 Å². The summed E-state index contributed by atoms with van der Waals surface area (Å²) in [6.45, 7) is 2.32. The van der Waals surface area contributed by atoms with Gasteiger partial charge in [-0.3, -0.25) is 4.79 Å². The van der Waals surface area contributed by atoms with Crippen LogP contribution in [0.1, 0.15) is 17.4 Å². The average molecular weight is 340 g/mol. The lowest BCUT2D eigenvalue weighted by atomic mass is 10.3. The van der Waals surface area contributed by atoms with Crippen LogP contribution in [-0.4, -0.2) is 22.6 Å². The van der Waals surface area contributed by atoms with Crippen LogP contribution >= 0.6 is 15.9 Å². The van der Waals surface area contributed by atoms with Gasteiger partial charge in [0.1, 0.15) is 11.6 Å². The van der Waals surface area contributed by atoms with Crippen LogP contribution in [0.15, 0.2) is 34.8 Å². The van der Waals surface area contributed by atoms with Crippen LogP contribution in [0.4, 0.5) is 4.39 Å². The van der Waals surface area contributed by atoms with Crippen molar-refractivity contribution in [3.8, 4) is 11.6 Å². The highest BCUT2D eigenvalue weighted by atomic mass is 79.9. The molecule has 0 aliphatic heterocycles. The zero-order chi connectivity index (χ0) is 14.5. The SMILES string of the molecule is CCNC(=O)c1ccc(Oc2ccc(Br)c(F)c2)nn1. The highest BCUT2D eigenvalue weighted by molar-refractivity contribution is 9.10. The van der Waals surface area contributed by atoms with E-state index in [1.165, 1.54) is 24.3 Å². The molecule has 0 aliphatic rings. The van der Waals surface area contributed by atoms with Crippen LogP contribution in [0.3, 0.4) is 0 Å². The predicted octanol–water partition coefficient (Wildman–Crippen LogP) is 2.92. The van der Waals surface area contributed by atoms with E-state index in [0.29, 0.717) is 16.8 Å². The maximum Gasteiger partial charge on any atom is 0.271 e.